The van der Waals surface area contributed by atoms with Gasteiger partial charge in [0.1, 0.15) is 6.04 Å². The van der Waals surface area contributed by atoms with Gasteiger partial charge in [0.2, 0.25) is 5.75 Å². The average molecular weight is 324 g/mol. The van der Waals surface area contributed by atoms with Crippen molar-refractivity contribution in [2.24, 2.45) is 0 Å². The lowest BCUT2D eigenvalue weighted by Crippen LogP contribution is -2.51. The molecule has 1 heterocycles. The van der Waals surface area contributed by atoms with E-state index in [2.05, 4.69) is 5.32 Å². The minimum absolute atomic E-state index is 0.243. The first-order chi connectivity index (χ1) is 11.0. The van der Waals surface area contributed by atoms with Gasteiger partial charge in [-0.3, -0.25) is 9.69 Å². The molecule has 23 heavy (non-hydrogen) atoms. The van der Waals surface area contributed by atoms with Gasteiger partial charge in [-0.1, -0.05) is 0 Å². The Hall–Kier alpha value is -1.99. The van der Waals surface area contributed by atoms with Gasteiger partial charge in [-0.15, -0.1) is 0 Å². The highest BCUT2D eigenvalue weighted by atomic mass is 16.5. The Bertz CT molecular complexity index is 538. The van der Waals surface area contributed by atoms with Crippen molar-refractivity contribution in [2.45, 2.75) is 19.0 Å². The van der Waals surface area contributed by atoms with Crippen molar-refractivity contribution >= 4 is 5.97 Å². The summed E-state index contributed by atoms with van der Waals surface area (Å²) in [5.41, 5.74) is 0.612. The van der Waals surface area contributed by atoms with Gasteiger partial charge in [0.15, 0.2) is 11.5 Å². The predicted molar refractivity (Wildman–Crippen MR) is 85.5 cm³/mol. The van der Waals surface area contributed by atoms with Gasteiger partial charge in [0.25, 0.3) is 0 Å². The second kappa shape index (κ2) is 7.52. The normalized spacial score (nSPS) is 19.9. The van der Waals surface area contributed by atoms with Crippen LogP contribution in [0.5, 0.6) is 17.2 Å². The van der Waals surface area contributed by atoms with Crippen LogP contribution in [0.1, 0.15) is 18.5 Å². The van der Waals surface area contributed by atoms with E-state index in [0.29, 0.717) is 35.9 Å². The number of nitrogens with zero attached hydrogens (tertiary/aromatic N) is 1. The minimum Gasteiger partial charge on any atom is -0.493 e. The van der Waals surface area contributed by atoms with E-state index in [1.165, 1.54) is 21.3 Å². The summed E-state index contributed by atoms with van der Waals surface area (Å²) >= 11 is 0. The molecule has 2 atom stereocenters. The highest BCUT2D eigenvalue weighted by molar-refractivity contribution is 5.76. The Morgan fingerprint density at radius 1 is 1.26 bits per heavy atom. The first-order valence-electron chi connectivity index (χ1n) is 7.52. The summed E-state index contributed by atoms with van der Waals surface area (Å²) in [5, 5.41) is 13.1. The van der Waals surface area contributed by atoms with E-state index in [1.54, 1.807) is 12.1 Å². The number of carboxylic acids is 1. The van der Waals surface area contributed by atoms with Gasteiger partial charge in [-0.05, 0) is 24.6 Å². The molecule has 1 fully saturated rings. The van der Waals surface area contributed by atoms with Crippen molar-refractivity contribution in [3.63, 3.8) is 0 Å². The first kappa shape index (κ1) is 17.4. The third-order valence-electron chi connectivity index (χ3n) is 4.00. The topological polar surface area (TPSA) is 80.3 Å². The van der Waals surface area contributed by atoms with Crippen molar-refractivity contribution < 1.29 is 24.1 Å². The number of hydrogen-bond donors (Lipinski definition) is 2. The fourth-order valence-corrected chi connectivity index (χ4v) is 2.97. The molecule has 0 amide bonds. The molecule has 2 N–H and O–H groups in total. The summed E-state index contributed by atoms with van der Waals surface area (Å²) in [6.45, 7) is 4.13. The number of benzene rings is 1. The van der Waals surface area contributed by atoms with E-state index in [1.807, 2.05) is 11.8 Å². The lowest BCUT2D eigenvalue weighted by atomic mass is 10.0. The summed E-state index contributed by atoms with van der Waals surface area (Å²) < 4.78 is 16.0. The van der Waals surface area contributed by atoms with E-state index in [4.69, 9.17) is 14.2 Å². The SMILES string of the molecule is COc1cc(C(C(=O)O)N2CCNC(C)C2)cc(OC)c1OC. The molecule has 128 valence electrons. The van der Waals surface area contributed by atoms with Crippen LogP contribution in [-0.2, 0) is 4.79 Å². The molecule has 7 heteroatoms. The molecule has 1 aliphatic rings. The third-order valence-corrected chi connectivity index (χ3v) is 4.00. The summed E-state index contributed by atoms with van der Waals surface area (Å²) in [7, 11) is 4.56. The van der Waals surface area contributed by atoms with Crippen molar-refractivity contribution in [3.05, 3.63) is 17.7 Å². The second-order valence-corrected chi connectivity index (χ2v) is 5.55. The fourth-order valence-electron chi connectivity index (χ4n) is 2.97. The zero-order valence-corrected chi connectivity index (χ0v) is 14.0. The van der Waals surface area contributed by atoms with Gasteiger partial charge in [0, 0.05) is 25.7 Å². The number of hydrogen-bond acceptors (Lipinski definition) is 6. The summed E-state index contributed by atoms with van der Waals surface area (Å²) in [6, 6.07) is 2.89. The number of aliphatic carboxylic acids is 1. The van der Waals surface area contributed by atoms with Crippen LogP contribution in [-0.4, -0.2) is 63.0 Å². The molecule has 0 bridgehead atoms. The van der Waals surface area contributed by atoms with Crippen molar-refractivity contribution in [1.29, 1.82) is 0 Å². The highest BCUT2D eigenvalue weighted by Crippen LogP contribution is 2.40. The average Bonchev–Trinajstić information content (AvgIpc) is 2.53. The van der Waals surface area contributed by atoms with E-state index in [-0.39, 0.29) is 6.04 Å². The maximum Gasteiger partial charge on any atom is 0.325 e. The number of piperazine rings is 1. The number of ether oxygens (including phenoxy) is 3. The quantitative estimate of drug-likeness (QED) is 0.812. The molecule has 7 nitrogen and oxygen atoms in total. The molecule has 2 rings (SSSR count). The van der Waals surface area contributed by atoms with Crippen molar-refractivity contribution in [1.82, 2.24) is 10.2 Å². The molecule has 1 aliphatic heterocycles. The zero-order chi connectivity index (χ0) is 17.0. The Morgan fingerprint density at radius 3 is 2.30 bits per heavy atom. The summed E-state index contributed by atoms with van der Waals surface area (Å²) in [5.74, 6) is 0.470. The van der Waals surface area contributed by atoms with Crippen LogP contribution >= 0.6 is 0 Å². The van der Waals surface area contributed by atoms with E-state index < -0.39 is 12.0 Å². The van der Waals surface area contributed by atoms with Gasteiger partial charge in [0.05, 0.1) is 21.3 Å². The van der Waals surface area contributed by atoms with E-state index >= 15 is 0 Å². The molecule has 1 aromatic rings. The van der Waals surface area contributed by atoms with Crippen LogP contribution in [0, 0.1) is 0 Å². The van der Waals surface area contributed by atoms with Gasteiger partial charge >= 0.3 is 5.97 Å². The van der Waals surface area contributed by atoms with E-state index in [9.17, 15) is 9.90 Å². The summed E-state index contributed by atoms with van der Waals surface area (Å²) in [4.78, 5) is 13.8. The summed E-state index contributed by atoms with van der Waals surface area (Å²) in [6.07, 6.45) is 0. The largest absolute Gasteiger partial charge is 0.493 e. The Kier molecular flexibility index (Phi) is 5.68. The van der Waals surface area contributed by atoms with Crippen LogP contribution in [0.25, 0.3) is 0 Å². The Morgan fingerprint density at radius 2 is 1.87 bits per heavy atom. The lowest BCUT2D eigenvalue weighted by molar-refractivity contribution is -0.144. The monoisotopic (exact) mass is 324 g/mol. The molecular formula is C16H24N2O5. The lowest BCUT2D eigenvalue weighted by Gasteiger charge is -2.36. The number of carboxylic acid groups (broad SMARTS) is 1. The predicted octanol–water partition coefficient (Wildman–Crippen LogP) is 1.13. The first-order valence-corrected chi connectivity index (χ1v) is 7.52. The van der Waals surface area contributed by atoms with Crippen LogP contribution < -0.4 is 19.5 Å². The number of methoxy groups -OCH3 is 3. The van der Waals surface area contributed by atoms with Crippen LogP contribution in [0.15, 0.2) is 12.1 Å². The Balaban J connectivity index is 2.44. The number of carbonyl (C=O) groups is 1. The maximum atomic E-state index is 11.9. The molecular weight excluding hydrogens is 300 g/mol. The fraction of sp³-hybridized carbons (Fsp3) is 0.562. The molecule has 2 unspecified atom stereocenters. The van der Waals surface area contributed by atoms with Gasteiger partial charge in [-0.2, -0.15) is 0 Å². The van der Waals surface area contributed by atoms with Crippen LogP contribution in [0.3, 0.4) is 0 Å². The number of rotatable bonds is 6. The molecule has 0 aliphatic carbocycles. The standard InChI is InChI=1S/C16H24N2O5/c1-10-9-18(6-5-17-10)14(16(19)20)11-7-12(21-2)15(23-4)13(8-11)22-3/h7-8,10,14,17H,5-6,9H2,1-4H3,(H,19,20). The number of nitrogens with one attached hydrogen (secondary N) is 1. The molecule has 1 saturated heterocycles. The zero-order valence-electron chi connectivity index (χ0n) is 14.0. The van der Waals surface area contributed by atoms with Crippen molar-refractivity contribution in [3.8, 4) is 17.2 Å². The van der Waals surface area contributed by atoms with Crippen LogP contribution in [0.4, 0.5) is 0 Å². The minimum atomic E-state index is -0.895. The van der Waals surface area contributed by atoms with Gasteiger partial charge in [-0.25, -0.2) is 0 Å². The second-order valence-electron chi connectivity index (χ2n) is 5.55. The van der Waals surface area contributed by atoms with Crippen LogP contribution in [0.2, 0.25) is 0 Å². The molecule has 1 aromatic carbocycles. The van der Waals surface area contributed by atoms with E-state index in [0.717, 1.165) is 6.54 Å². The molecule has 0 spiro atoms. The highest BCUT2D eigenvalue weighted by Gasteiger charge is 2.32. The molecule has 0 radical (unpaired) electrons. The molecule has 0 aromatic heterocycles. The van der Waals surface area contributed by atoms with Gasteiger partial charge < -0.3 is 24.6 Å². The smallest absolute Gasteiger partial charge is 0.325 e. The maximum absolute atomic E-state index is 11.9. The third kappa shape index (κ3) is 3.68. The van der Waals surface area contributed by atoms with Crippen molar-refractivity contribution in [2.75, 3.05) is 41.0 Å². The molecule has 0 saturated carbocycles. The Labute approximate surface area is 136 Å².